The molecule has 1 aromatic heterocycles. The number of aryl methyl sites for hydroxylation is 1. The maximum atomic E-state index is 5.66. The lowest BCUT2D eigenvalue weighted by molar-refractivity contribution is -0.140. The Kier molecular flexibility index (Phi) is 6.40. The summed E-state index contributed by atoms with van der Waals surface area (Å²) in [4.78, 5) is 4.80. The first-order valence-electron chi connectivity index (χ1n) is 8.33. The van der Waals surface area contributed by atoms with Crippen LogP contribution in [-0.2, 0) is 22.4 Å². The number of nitrogens with zero attached hydrogens (tertiary/aromatic N) is 2. The lowest BCUT2D eigenvalue weighted by Crippen LogP contribution is -2.20. The van der Waals surface area contributed by atoms with Gasteiger partial charge >= 0.3 is 0 Å². The van der Waals surface area contributed by atoms with Crippen LogP contribution in [0.2, 0.25) is 0 Å². The summed E-state index contributed by atoms with van der Waals surface area (Å²) in [5.74, 6) is 1.74. The van der Waals surface area contributed by atoms with E-state index in [4.69, 9.17) is 14.5 Å². The van der Waals surface area contributed by atoms with E-state index in [1.54, 1.807) is 0 Å². The highest BCUT2D eigenvalue weighted by Gasteiger charge is 2.14. The molecule has 0 amide bonds. The Morgan fingerprint density at radius 1 is 1.09 bits per heavy atom. The van der Waals surface area contributed by atoms with Crippen LogP contribution in [0.3, 0.4) is 0 Å². The molecule has 22 heavy (non-hydrogen) atoms. The van der Waals surface area contributed by atoms with Crippen LogP contribution in [0.15, 0.2) is 24.3 Å². The highest BCUT2D eigenvalue weighted by molar-refractivity contribution is 5.75. The smallest absolute Gasteiger partial charge is 0.159 e. The van der Waals surface area contributed by atoms with Crippen LogP contribution in [0.4, 0.5) is 0 Å². The average Bonchev–Trinajstić information content (AvgIpc) is 2.82. The summed E-state index contributed by atoms with van der Waals surface area (Å²) in [5.41, 5.74) is 2.27. The molecule has 0 bridgehead atoms. The van der Waals surface area contributed by atoms with Gasteiger partial charge in [-0.3, -0.25) is 0 Å². The zero-order valence-electron chi connectivity index (χ0n) is 14.2. The van der Waals surface area contributed by atoms with E-state index in [0.717, 1.165) is 30.7 Å². The highest BCUT2D eigenvalue weighted by Crippen LogP contribution is 2.19. The molecular formula is C18H28N2O2. The molecule has 2 rings (SSSR count). The number of imidazole rings is 1. The molecule has 0 atom stereocenters. The number of benzene rings is 1. The second-order valence-corrected chi connectivity index (χ2v) is 5.90. The summed E-state index contributed by atoms with van der Waals surface area (Å²) in [7, 11) is 0. The summed E-state index contributed by atoms with van der Waals surface area (Å²) in [6.45, 7) is 10.7. The van der Waals surface area contributed by atoms with E-state index < -0.39 is 0 Å². The third-order valence-corrected chi connectivity index (χ3v) is 3.62. The van der Waals surface area contributed by atoms with Crippen LogP contribution in [0, 0.1) is 5.92 Å². The fourth-order valence-corrected chi connectivity index (χ4v) is 2.72. The Hall–Kier alpha value is -1.39. The zero-order valence-corrected chi connectivity index (χ0v) is 14.2. The van der Waals surface area contributed by atoms with Gasteiger partial charge in [-0.1, -0.05) is 26.0 Å². The largest absolute Gasteiger partial charge is 0.353 e. The van der Waals surface area contributed by atoms with Crippen molar-refractivity contribution in [1.82, 2.24) is 9.55 Å². The lowest BCUT2D eigenvalue weighted by Gasteiger charge is -2.18. The van der Waals surface area contributed by atoms with Crippen molar-refractivity contribution in [3.05, 3.63) is 30.1 Å². The number of rotatable bonds is 9. The first-order chi connectivity index (χ1) is 10.7. The zero-order chi connectivity index (χ0) is 15.9. The van der Waals surface area contributed by atoms with Crippen molar-refractivity contribution in [3.8, 4) is 0 Å². The third-order valence-electron chi connectivity index (χ3n) is 3.62. The Balaban J connectivity index is 2.20. The molecular weight excluding hydrogens is 276 g/mol. The van der Waals surface area contributed by atoms with Crippen LogP contribution < -0.4 is 0 Å². The predicted octanol–water partition coefficient (Wildman–Crippen LogP) is 4.02. The van der Waals surface area contributed by atoms with E-state index in [1.165, 1.54) is 5.52 Å². The molecule has 4 heteroatoms. The summed E-state index contributed by atoms with van der Waals surface area (Å²) < 4.78 is 13.6. The van der Waals surface area contributed by atoms with Crippen molar-refractivity contribution in [1.29, 1.82) is 0 Å². The van der Waals surface area contributed by atoms with Gasteiger partial charge in [0.15, 0.2) is 6.29 Å². The van der Waals surface area contributed by atoms with E-state index in [9.17, 15) is 0 Å². The minimum atomic E-state index is -0.136. The third kappa shape index (κ3) is 4.31. The second kappa shape index (κ2) is 8.30. The molecule has 0 aliphatic heterocycles. The standard InChI is InChI=1S/C18H28N2O2/c1-5-21-18(22-6-2)11-12-20-16-10-8-7-9-15(16)19-17(20)13-14(3)4/h7-10,14,18H,5-6,11-13H2,1-4H3. The summed E-state index contributed by atoms with van der Waals surface area (Å²) >= 11 is 0. The monoisotopic (exact) mass is 304 g/mol. The SMILES string of the molecule is CCOC(CCn1c(CC(C)C)nc2ccccc21)OCC. The van der Waals surface area contributed by atoms with Gasteiger partial charge in [-0.25, -0.2) is 4.98 Å². The van der Waals surface area contributed by atoms with Gasteiger partial charge in [0.05, 0.1) is 11.0 Å². The number of fused-ring (bicyclic) bond motifs is 1. The number of para-hydroxylation sites is 2. The van der Waals surface area contributed by atoms with Crippen molar-refractivity contribution in [3.63, 3.8) is 0 Å². The minimum Gasteiger partial charge on any atom is -0.353 e. The van der Waals surface area contributed by atoms with Gasteiger partial charge in [-0.15, -0.1) is 0 Å². The summed E-state index contributed by atoms with van der Waals surface area (Å²) in [6, 6.07) is 8.34. The fraction of sp³-hybridized carbons (Fsp3) is 0.611. The Morgan fingerprint density at radius 3 is 2.41 bits per heavy atom. The van der Waals surface area contributed by atoms with Crippen molar-refractivity contribution < 1.29 is 9.47 Å². The molecule has 0 unspecified atom stereocenters. The highest BCUT2D eigenvalue weighted by atomic mass is 16.7. The maximum absolute atomic E-state index is 5.66. The Labute approximate surface area is 133 Å². The number of ether oxygens (including phenoxy) is 2. The minimum absolute atomic E-state index is 0.136. The fourth-order valence-electron chi connectivity index (χ4n) is 2.72. The van der Waals surface area contributed by atoms with E-state index in [2.05, 4.69) is 36.6 Å². The number of hydrogen-bond acceptors (Lipinski definition) is 3. The van der Waals surface area contributed by atoms with Crippen molar-refractivity contribution >= 4 is 11.0 Å². The quantitative estimate of drug-likeness (QED) is 0.656. The Bertz CT molecular complexity index is 571. The molecule has 2 aromatic rings. The summed E-state index contributed by atoms with van der Waals surface area (Å²) in [5, 5.41) is 0. The van der Waals surface area contributed by atoms with Gasteiger partial charge in [-0.05, 0) is 31.9 Å². The van der Waals surface area contributed by atoms with Gasteiger partial charge < -0.3 is 14.0 Å². The van der Waals surface area contributed by atoms with Crippen LogP contribution in [-0.4, -0.2) is 29.1 Å². The molecule has 0 spiro atoms. The second-order valence-electron chi connectivity index (χ2n) is 5.90. The van der Waals surface area contributed by atoms with Gasteiger partial charge in [0.25, 0.3) is 0 Å². The van der Waals surface area contributed by atoms with Gasteiger partial charge in [-0.2, -0.15) is 0 Å². The first-order valence-corrected chi connectivity index (χ1v) is 8.33. The summed E-state index contributed by atoms with van der Waals surface area (Å²) in [6.07, 6.45) is 1.69. The van der Waals surface area contributed by atoms with Crippen molar-refractivity contribution in [2.75, 3.05) is 13.2 Å². The van der Waals surface area contributed by atoms with E-state index in [1.807, 2.05) is 19.9 Å². The topological polar surface area (TPSA) is 36.3 Å². The number of hydrogen-bond donors (Lipinski definition) is 0. The average molecular weight is 304 g/mol. The van der Waals surface area contributed by atoms with E-state index in [-0.39, 0.29) is 6.29 Å². The molecule has 0 radical (unpaired) electrons. The molecule has 0 N–H and O–H groups in total. The maximum Gasteiger partial charge on any atom is 0.159 e. The number of aromatic nitrogens is 2. The lowest BCUT2D eigenvalue weighted by atomic mass is 10.1. The normalized spacial score (nSPS) is 11.9. The van der Waals surface area contributed by atoms with Crippen molar-refractivity contribution in [2.24, 2.45) is 5.92 Å². The molecule has 1 aromatic carbocycles. The molecule has 1 heterocycles. The van der Waals surface area contributed by atoms with E-state index in [0.29, 0.717) is 19.1 Å². The van der Waals surface area contributed by atoms with Crippen molar-refractivity contribution in [2.45, 2.75) is 53.4 Å². The van der Waals surface area contributed by atoms with Gasteiger partial charge in [0, 0.05) is 32.6 Å². The Morgan fingerprint density at radius 2 is 1.77 bits per heavy atom. The molecule has 0 saturated carbocycles. The van der Waals surface area contributed by atoms with Gasteiger partial charge in [0.2, 0.25) is 0 Å². The first kappa shape index (κ1) is 17.0. The molecule has 4 nitrogen and oxygen atoms in total. The van der Waals surface area contributed by atoms with E-state index >= 15 is 0 Å². The van der Waals surface area contributed by atoms with Crippen LogP contribution in [0.25, 0.3) is 11.0 Å². The molecule has 0 fully saturated rings. The molecule has 122 valence electrons. The van der Waals surface area contributed by atoms with Crippen LogP contribution >= 0.6 is 0 Å². The van der Waals surface area contributed by atoms with Crippen LogP contribution in [0.1, 0.15) is 39.9 Å². The molecule has 0 aliphatic rings. The predicted molar refractivity (Wildman–Crippen MR) is 89.9 cm³/mol. The molecule has 0 saturated heterocycles. The van der Waals surface area contributed by atoms with Crippen LogP contribution in [0.5, 0.6) is 0 Å². The van der Waals surface area contributed by atoms with Gasteiger partial charge in [0.1, 0.15) is 5.82 Å². The molecule has 0 aliphatic carbocycles.